The van der Waals surface area contributed by atoms with Crippen LogP contribution in [0.3, 0.4) is 0 Å². The van der Waals surface area contributed by atoms with Crippen LogP contribution in [-0.4, -0.2) is 47.9 Å². The van der Waals surface area contributed by atoms with Crippen molar-refractivity contribution < 1.29 is 14.3 Å². The second kappa shape index (κ2) is 7.21. The van der Waals surface area contributed by atoms with Crippen LogP contribution < -0.4 is 10.6 Å². The normalized spacial score (nSPS) is 17.2. The lowest BCUT2D eigenvalue weighted by Crippen LogP contribution is -2.54. The lowest BCUT2D eigenvalue weighted by atomic mass is 9.87. The van der Waals surface area contributed by atoms with Crippen molar-refractivity contribution in [2.24, 2.45) is 0 Å². The van der Waals surface area contributed by atoms with Gasteiger partial charge in [-0.25, -0.2) is 0 Å². The molecule has 1 aliphatic heterocycles. The summed E-state index contributed by atoms with van der Waals surface area (Å²) in [5.74, 6) is -0.381. The van der Waals surface area contributed by atoms with Crippen LogP contribution in [-0.2, 0) is 19.9 Å². The summed E-state index contributed by atoms with van der Waals surface area (Å²) in [6.45, 7) is 3.94. The van der Waals surface area contributed by atoms with Crippen LogP contribution in [0.25, 0.3) is 0 Å². The van der Waals surface area contributed by atoms with Gasteiger partial charge in [-0.15, -0.1) is 0 Å². The molecule has 0 bridgehead atoms. The predicted molar refractivity (Wildman–Crippen MR) is 76.6 cm³/mol. The van der Waals surface area contributed by atoms with E-state index in [1.54, 1.807) is 17.8 Å². The van der Waals surface area contributed by atoms with Crippen molar-refractivity contribution in [1.29, 1.82) is 0 Å². The maximum absolute atomic E-state index is 12.6. The highest BCUT2D eigenvalue weighted by molar-refractivity contribution is 5.85. The minimum atomic E-state index is -0.663. The molecule has 0 atom stereocenters. The number of carbonyl (C=O) groups is 2. The second-order valence-electron chi connectivity index (χ2n) is 5.04. The van der Waals surface area contributed by atoms with Crippen molar-refractivity contribution in [3.63, 3.8) is 0 Å². The number of carbonyl (C=O) groups excluding carboxylic acids is 2. The van der Waals surface area contributed by atoms with Crippen molar-refractivity contribution in [3.8, 4) is 0 Å². The Morgan fingerprint density at radius 1 is 1.43 bits per heavy atom. The van der Waals surface area contributed by atoms with E-state index in [0.29, 0.717) is 19.4 Å². The molecule has 1 fully saturated rings. The number of rotatable bonds is 6. The lowest BCUT2D eigenvalue weighted by Gasteiger charge is -2.36. The third-order valence-corrected chi connectivity index (χ3v) is 3.72. The van der Waals surface area contributed by atoms with E-state index in [2.05, 4.69) is 15.7 Å². The first-order valence-corrected chi connectivity index (χ1v) is 7.34. The molecule has 1 saturated heterocycles. The third-order valence-electron chi connectivity index (χ3n) is 3.72. The van der Waals surface area contributed by atoms with E-state index in [1.165, 1.54) is 0 Å². The molecular weight excluding hydrogens is 272 g/mol. The molecule has 21 heavy (non-hydrogen) atoms. The van der Waals surface area contributed by atoms with Crippen molar-refractivity contribution in [2.75, 3.05) is 26.2 Å². The fourth-order valence-electron chi connectivity index (χ4n) is 2.60. The first-order valence-electron chi connectivity index (χ1n) is 7.34. The van der Waals surface area contributed by atoms with E-state index in [-0.39, 0.29) is 24.8 Å². The maximum Gasteiger partial charge on any atom is 0.307 e. The molecule has 0 saturated carbocycles. The van der Waals surface area contributed by atoms with Gasteiger partial charge >= 0.3 is 5.97 Å². The molecule has 2 N–H and O–H groups in total. The summed E-state index contributed by atoms with van der Waals surface area (Å²) in [4.78, 5) is 23.9. The smallest absolute Gasteiger partial charge is 0.307 e. The number of esters is 1. The van der Waals surface area contributed by atoms with Gasteiger partial charge in [0.25, 0.3) is 0 Å². The second-order valence-corrected chi connectivity index (χ2v) is 5.04. The summed E-state index contributed by atoms with van der Waals surface area (Å²) in [5.41, 5.74) is -0.663. The zero-order valence-electron chi connectivity index (χ0n) is 12.3. The SMILES string of the molecule is CCOC(=O)CCNC(=O)C1(n2cccn2)CCNCC1. The standard InChI is InChI=1S/C14H22N4O3/c1-2-21-12(19)4-8-16-13(20)14(5-9-15-10-6-14)18-11-3-7-17-18/h3,7,11,15H,2,4-6,8-10H2,1H3,(H,16,20). The molecule has 0 unspecified atom stereocenters. The quantitative estimate of drug-likeness (QED) is 0.723. The van der Waals surface area contributed by atoms with Crippen LogP contribution in [0, 0.1) is 0 Å². The molecule has 0 aromatic carbocycles. The third kappa shape index (κ3) is 3.60. The number of amides is 1. The number of piperidine rings is 1. The molecule has 7 nitrogen and oxygen atoms in total. The lowest BCUT2D eigenvalue weighted by molar-refractivity contribution is -0.143. The van der Waals surface area contributed by atoms with Gasteiger partial charge in [-0.2, -0.15) is 5.10 Å². The van der Waals surface area contributed by atoms with Crippen LogP contribution in [0.1, 0.15) is 26.2 Å². The fourth-order valence-corrected chi connectivity index (χ4v) is 2.60. The zero-order valence-corrected chi connectivity index (χ0v) is 12.3. The molecule has 0 aliphatic carbocycles. The van der Waals surface area contributed by atoms with Crippen LogP contribution in [0.4, 0.5) is 0 Å². The highest BCUT2D eigenvalue weighted by Gasteiger charge is 2.41. The van der Waals surface area contributed by atoms with E-state index in [0.717, 1.165) is 13.1 Å². The Hall–Kier alpha value is -1.89. The number of ether oxygens (including phenoxy) is 1. The first kappa shape index (κ1) is 15.5. The number of nitrogens with one attached hydrogen (secondary N) is 2. The summed E-state index contributed by atoms with van der Waals surface area (Å²) in [6, 6.07) is 1.82. The van der Waals surface area contributed by atoms with E-state index >= 15 is 0 Å². The van der Waals surface area contributed by atoms with E-state index in [1.807, 2.05) is 12.3 Å². The molecule has 0 spiro atoms. The fraction of sp³-hybridized carbons (Fsp3) is 0.643. The predicted octanol–water partition coefficient (Wildman–Crippen LogP) is 0.0312. The van der Waals surface area contributed by atoms with Crippen LogP contribution >= 0.6 is 0 Å². The Morgan fingerprint density at radius 2 is 2.19 bits per heavy atom. The minimum Gasteiger partial charge on any atom is -0.466 e. The van der Waals surface area contributed by atoms with Gasteiger partial charge in [0.1, 0.15) is 5.54 Å². The van der Waals surface area contributed by atoms with Gasteiger partial charge in [0.15, 0.2) is 0 Å². The van der Waals surface area contributed by atoms with Crippen molar-refractivity contribution >= 4 is 11.9 Å². The van der Waals surface area contributed by atoms with Crippen LogP contribution in [0.15, 0.2) is 18.5 Å². The number of nitrogens with zero attached hydrogens (tertiary/aromatic N) is 2. The Kier molecular flexibility index (Phi) is 5.32. The monoisotopic (exact) mass is 294 g/mol. The minimum absolute atomic E-state index is 0.0861. The molecule has 1 aromatic heterocycles. The Balaban J connectivity index is 1.97. The van der Waals surface area contributed by atoms with Gasteiger partial charge in [-0.1, -0.05) is 0 Å². The summed E-state index contributed by atoms with van der Waals surface area (Å²) in [7, 11) is 0. The van der Waals surface area contributed by atoms with Crippen molar-refractivity contribution in [2.45, 2.75) is 31.7 Å². The molecule has 1 aromatic rings. The molecule has 2 rings (SSSR count). The van der Waals surface area contributed by atoms with Gasteiger partial charge in [0, 0.05) is 18.9 Å². The highest BCUT2D eigenvalue weighted by Crippen LogP contribution is 2.27. The highest BCUT2D eigenvalue weighted by atomic mass is 16.5. The van der Waals surface area contributed by atoms with Gasteiger partial charge in [0.2, 0.25) is 5.91 Å². The summed E-state index contributed by atoms with van der Waals surface area (Å²) < 4.78 is 6.58. The van der Waals surface area contributed by atoms with Gasteiger partial charge in [-0.05, 0) is 38.9 Å². The number of hydrogen-bond acceptors (Lipinski definition) is 5. The topological polar surface area (TPSA) is 85.2 Å². The maximum atomic E-state index is 12.6. The van der Waals surface area contributed by atoms with Crippen molar-refractivity contribution in [3.05, 3.63) is 18.5 Å². The van der Waals surface area contributed by atoms with E-state index in [9.17, 15) is 9.59 Å². The van der Waals surface area contributed by atoms with Crippen molar-refractivity contribution in [1.82, 2.24) is 20.4 Å². The van der Waals surface area contributed by atoms with Gasteiger partial charge < -0.3 is 15.4 Å². The van der Waals surface area contributed by atoms with E-state index < -0.39 is 5.54 Å². The average Bonchev–Trinajstić information content (AvgIpc) is 3.03. The van der Waals surface area contributed by atoms with E-state index in [4.69, 9.17) is 4.74 Å². The molecule has 7 heteroatoms. The van der Waals surface area contributed by atoms with Gasteiger partial charge in [0.05, 0.1) is 13.0 Å². The molecule has 1 aliphatic rings. The largest absolute Gasteiger partial charge is 0.466 e. The molecule has 1 amide bonds. The molecule has 116 valence electrons. The van der Waals surface area contributed by atoms with Gasteiger partial charge in [-0.3, -0.25) is 14.3 Å². The first-order chi connectivity index (χ1) is 10.2. The van der Waals surface area contributed by atoms with Crippen LogP contribution in [0.5, 0.6) is 0 Å². The van der Waals surface area contributed by atoms with Crippen LogP contribution in [0.2, 0.25) is 0 Å². The zero-order chi connectivity index (χ0) is 15.1. The Morgan fingerprint density at radius 3 is 2.81 bits per heavy atom. The number of aromatic nitrogens is 2. The summed E-state index contributed by atoms with van der Waals surface area (Å²) in [6.07, 6.45) is 5.04. The molecule has 0 radical (unpaired) electrons. The molecular formula is C14H22N4O3. The molecule has 2 heterocycles. The Labute approximate surface area is 124 Å². The number of hydrogen-bond donors (Lipinski definition) is 2. The summed E-state index contributed by atoms with van der Waals surface area (Å²) >= 11 is 0. The summed E-state index contributed by atoms with van der Waals surface area (Å²) in [5, 5.41) is 10.3. The Bertz CT molecular complexity index is 467. The average molecular weight is 294 g/mol.